The highest BCUT2D eigenvalue weighted by molar-refractivity contribution is 14.0. The number of pyridine rings is 1. The number of hydrogen-bond acceptors (Lipinski definition) is 4. The van der Waals surface area contributed by atoms with Gasteiger partial charge in [-0.1, -0.05) is 0 Å². The number of nitrogens with zero attached hydrogens (tertiary/aromatic N) is 2. The number of hydrogen-bond donors (Lipinski definition) is 3. The first-order valence-electron chi connectivity index (χ1n) is 9.12. The van der Waals surface area contributed by atoms with Gasteiger partial charge in [0.25, 0.3) is 0 Å². The molecule has 8 heteroatoms. The fourth-order valence-corrected chi connectivity index (χ4v) is 2.66. The Morgan fingerprint density at radius 2 is 2.27 bits per heavy atom. The first kappa shape index (κ1) is 20.7. The Morgan fingerprint density at radius 3 is 2.96 bits per heavy atom. The molecule has 1 aromatic rings. The molecule has 0 radical (unpaired) electrons. The van der Waals surface area contributed by atoms with Crippen LogP contribution >= 0.6 is 24.0 Å². The second kappa shape index (κ2) is 10.5. The number of nitrogens with one attached hydrogen (secondary N) is 3. The van der Waals surface area contributed by atoms with Crippen LogP contribution in [0.2, 0.25) is 0 Å². The Bertz CT molecular complexity index is 611. The van der Waals surface area contributed by atoms with Crippen molar-refractivity contribution in [1.82, 2.24) is 20.9 Å². The van der Waals surface area contributed by atoms with Crippen LogP contribution in [0.15, 0.2) is 23.3 Å². The summed E-state index contributed by atoms with van der Waals surface area (Å²) in [7, 11) is 0. The minimum Gasteiger partial charge on any atom is -0.477 e. The molecule has 7 nitrogen and oxygen atoms in total. The van der Waals surface area contributed by atoms with E-state index in [1.54, 1.807) is 6.20 Å². The Labute approximate surface area is 171 Å². The van der Waals surface area contributed by atoms with Crippen LogP contribution < -0.4 is 20.7 Å². The predicted molar refractivity (Wildman–Crippen MR) is 112 cm³/mol. The Balaban J connectivity index is 0.00000243. The molecule has 144 valence electrons. The molecular formula is C18H28IN5O2. The van der Waals surface area contributed by atoms with E-state index in [9.17, 15) is 4.79 Å². The molecule has 2 fully saturated rings. The fourth-order valence-electron chi connectivity index (χ4n) is 2.66. The molecule has 26 heavy (non-hydrogen) atoms. The zero-order valence-corrected chi connectivity index (χ0v) is 17.5. The standard InChI is InChI=1S/C18H27N5O2.HI/c1-2-19-18(23-15-5-6-16(24)21-11-15)22-10-14-7-8-20-17(9-14)25-12-13-3-4-13;/h7-9,13,15H,2-6,10-12H2,1H3,(H,21,24)(H2,19,22,23);1H. The summed E-state index contributed by atoms with van der Waals surface area (Å²) in [5.74, 6) is 2.27. The van der Waals surface area contributed by atoms with Gasteiger partial charge in [0.1, 0.15) is 0 Å². The molecule has 1 saturated heterocycles. The quantitative estimate of drug-likeness (QED) is 0.320. The first-order valence-corrected chi connectivity index (χ1v) is 9.12. The van der Waals surface area contributed by atoms with Gasteiger partial charge in [0.05, 0.1) is 13.2 Å². The maximum Gasteiger partial charge on any atom is 0.220 e. The molecule has 1 aliphatic carbocycles. The van der Waals surface area contributed by atoms with Gasteiger partial charge in [0.15, 0.2) is 5.96 Å². The van der Waals surface area contributed by atoms with E-state index in [0.717, 1.165) is 31.1 Å². The van der Waals surface area contributed by atoms with Crippen molar-refractivity contribution in [2.45, 2.75) is 45.2 Å². The molecule has 0 spiro atoms. The van der Waals surface area contributed by atoms with Crippen LogP contribution in [0.5, 0.6) is 5.88 Å². The number of ether oxygens (including phenoxy) is 1. The van der Waals surface area contributed by atoms with Gasteiger partial charge in [-0.15, -0.1) is 24.0 Å². The van der Waals surface area contributed by atoms with Crippen molar-refractivity contribution < 1.29 is 9.53 Å². The molecule has 1 amide bonds. The lowest BCUT2D eigenvalue weighted by Gasteiger charge is -2.25. The number of guanidine groups is 1. The number of aliphatic imine (C=N–C) groups is 1. The zero-order valence-electron chi connectivity index (χ0n) is 15.2. The molecule has 3 rings (SSSR count). The summed E-state index contributed by atoms with van der Waals surface area (Å²) in [5.41, 5.74) is 1.06. The van der Waals surface area contributed by atoms with Crippen LogP contribution in [0.3, 0.4) is 0 Å². The molecule has 1 atom stereocenters. The summed E-state index contributed by atoms with van der Waals surface area (Å²) < 4.78 is 5.73. The summed E-state index contributed by atoms with van der Waals surface area (Å²) in [6.07, 6.45) is 5.69. The largest absolute Gasteiger partial charge is 0.477 e. The number of halogens is 1. The normalized spacial score (nSPS) is 20.0. The van der Waals surface area contributed by atoms with Crippen molar-refractivity contribution in [1.29, 1.82) is 0 Å². The highest BCUT2D eigenvalue weighted by Gasteiger charge is 2.22. The Kier molecular flexibility index (Phi) is 8.40. The molecule has 1 aromatic heterocycles. The van der Waals surface area contributed by atoms with Gasteiger partial charge >= 0.3 is 0 Å². The molecular weight excluding hydrogens is 445 g/mol. The number of amides is 1. The van der Waals surface area contributed by atoms with Crippen LogP contribution in [0.4, 0.5) is 0 Å². The first-order chi connectivity index (χ1) is 12.2. The lowest BCUT2D eigenvalue weighted by Crippen LogP contribution is -2.51. The van der Waals surface area contributed by atoms with Gasteiger partial charge in [0.2, 0.25) is 11.8 Å². The molecule has 3 N–H and O–H groups in total. The summed E-state index contributed by atoms with van der Waals surface area (Å²) in [6.45, 7) is 4.78. The van der Waals surface area contributed by atoms with Gasteiger partial charge in [-0.2, -0.15) is 0 Å². The van der Waals surface area contributed by atoms with Gasteiger partial charge in [-0.25, -0.2) is 9.98 Å². The van der Waals surface area contributed by atoms with Gasteiger partial charge in [-0.05, 0) is 43.7 Å². The lowest BCUT2D eigenvalue weighted by atomic mass is 10.1. The second-order valence-electron chi connectivity index (χ2n) is 6.64. The van der Waals surface area contributed by atoms with Crippen molar-refractivity contribution in [2.75, 3.05) is 19.7 Å². The van der Waals surface area contributed by atoms with E-state index >= 15 is 0 Å². The Hall–Kier alpha value is -1.58. The molecule has 1 unspecified atom stereocenters. The molecule has 1 aliphatic heterocycles. The SMILES string of the molecule is CCNC(=NCc1ccnc(OCC2CC2)c1)NC1CCC(=O)NC1.I. The van der Waals surface area contributed by atoms with Gasteiger partial charge in [-0.3, -0.25) is 4.79 Å². The van der Waals surface area contributed by atoms with E-state index < -0.39 is 0 Å². The average Bonchev–Trinajstić information content (AvgIpc) is 3.45. The Morgan fingerprint density at radius 1 is 1.42 bits per heavy atom. The van der Waals surface area contributed by atoms with E-state index in [1.165, 1.54) is 12.8 Å². The van der Waals surface area contributed by atoms with Crippen LogP contribution in [0, 0.1) is 5.92 Å². The lowest BCUT2D eigenvalue weighted by molar-refractivity contribution is -0.122. The van der Waals surface area contributed by atoms with Crippen LogP contribution in [-0.2, 0) is 11.3 Å². The molecule has 0 aromatic carbocycles. The van der Waals surface area contributed by atoms with Crippen molar-refractivity contribution >= 4 is 35.8 Å². The third kappa shape index (κ3) is 6.97. The predicted octanol–water partition coefficient (Wildman–Crippen LogP) is 1.82. The summed E-state index contributed by atoms with van der Waals surface area (Å²) in [5, 5.41) is 9.52. The maximum absolute atomic E-state index is 11.3. The zero-order chi connectivity index (χ0) is 17.5. The molecule has 2 aliphatic rings. The van der Waals surface area contributed by atoms with Crippen molar-refractivity contribution in [3.05, 3.63) is 23.9 Å². The van der Waals surface area contributed by atoms with Crippen LogP contribution in [0.1, 0.15) is 38.2 Å². The van der Waals surface area contributed by atoms with Crippen LogP contribution in [0.25, 0.3) is 0 Å². The minimum absolute atomic E-state index is 0. The smallest absolute Gasteiger partial charge is 0.220 e. The highest BCUT2D eigenvalue weighted by Crippen LogP contribution is 2.29. The maximum atomic E-state index is 11.3. The average molecular weight is 473 g/mol. The van der Waals surface area contributed by atoms with E-state index in [0.29, 0.717) is 31.3 Å². The summed E-state index contributed by atoms with van der Waals surface area (Å²) in [6, 6.07) is 4.12. The van der Waals surface area contributed by atoms with E-state index in [4.69, 9.17) is 4.74 Å². The highest BCUT2D eigenvalue weighted by atomic mass is 127. The van der Waals surface area contributed by atoms with E-state index in [2.05, 4.69) is 25.9 Å². The van der Waals surface area contributed by atoms with Gasteiger partial charge < -0.3 is 20.7 Å². The number of carbonyl (C=O) groups excluding carboxylic acids is 1. The monoisotopic (exact) mass is 473 g/mol. The molecule has 1 saturated carbocycles. The van der Waals surface area contributed by atoms with Gasteiger partial charge in [0, 0.05) is 37.8 Å². The number of rotatable bonds is 7. The van der Waals surface area contributed by atoms with Crippen molar-refractivity contribution in [3.8, 4) is 5.88 Å². The molecule has 0 bridgehead atoms. The minimum atomic E-state index is 0. The number of carbonyl (C=O) groups is 1. The van der Waals surface area contributed by atoms with E-state index in [1.807, 2.05) is 19.1 Å². The second-order valence-corrected chi connectivity index (χ2v) is 6.64. The molecule has 2 heterocycles. The van der Waals surface area contributed by atoms with Crippen molar-refractivity contribution in [3.63, 3.8) is 0 Å². The third-order valence-corrected chi connectivity index (χ3v) is 4.33. The van der Waals surface area contributed by atoms with Crippen molar-refractivity contribution in [2.24, 2.45) is 10.9 Å². The topological polar surface area (TPSA) is 87.6 Å². The number of piperidine rings is 1. The summed E-state index contributed by atoms with van der Waals surface area (Å²) >= 11 is 0. The number of aromatic nitrogens is 1. The fraction of sp³-hybridized carbons (Fsp3) is 0.611. The van der Waals surface area contributed by atoms with E-state index in [-0.39, 0.29) is 35.9 Å². The van der Waals surface area contributed by atoms with Crippen LogP contribution in [-0.4, -0.2) is 42.6 Å². The summed E-state index contributed by atoms with van der Waals surface area (Å²) in [4.78, 5) is 20.2. The third-order valence-electron chi connectivity index (χ3n) is 4.33.